The van der Waals surface area contributed by atoms with Gasteiger partial charge in [-0.2, -0.15) is 0 Å². The third-order valence-electron chi connectivity index (χ3n) is 2.72. The number of ether oxygens (including phenoxy) is 2. The zero-order chi connectivity index (χ0) is 12.5. The van der Waals surface area contributed by atoms with Crippen LogP contribution in [0.4, 0.5) is 5.69 Å². The van der Waals surface area contributed by atoms with Gasteiger partial charge in [-0.1, -0.05) is 6.07 Å². The first-order valence-electron chi connectivity index (χ1n) is 6.12. The summed E-state index contributed by atoms with van der Waals surface area (Å²) in [6.07, 6.45) is 0.958. The molecule has 0 unspecified atom stereocenters. The molecule has 17 heavy (non-hydrogen) atoms. The van der Waals surface area contributed by atoms with Crippen LogP contribution in [0.1, 0.15) is 17.5 Å². The fourth-order valence-electron chi connectivity index (χ4n) is 1.53. The van der Waals surface area contributed by atoms with Crippen molar-refractivity contribution in [1.82, 2.24) is 0 Å². The predicted octanol–water partition coefficient (Wildman–Crippen LogP) is 2.77. The Morgan fingerprint density at radius 1 is 1.06 bits per heavy atom. The van der Waals surface area contributed by atoms with Crippen LogP contribution in [0.25, 0.3) is 0 Å². The van der Waals surface area contributed by atoms with Gasteiger partial charge in [-0.15, -0.1) is 0 Å². The van der Waals surface area contributed by atoms with Crippen molar-refractivity contribution < 1.29 is 9.47 Å². The fourth-order valence-corrected chi connectivity index (χ4v) is 1.53. The Bertz CT molecular complexity index is 326. The molecule has 0 saturated carbocycles. The summed E-state index contributed by atoms with van der Waals surface area (Å²) in [5.74, 6) is 0. The van der Waals surface area contributed by atoms with E-state index in [2.05, 4.69) is 37.4 Å². The Morgan fingerprint density at radius 3 is 2.59 bits per heavy atom. The highest BCUT2D eigenvalue weighted by Crippen LogP contribution is 2.13. The lowest BCUT2D eigenvalue weighted by atomic mass is 10.1. The van der Waals surface area contributed by atoms with E-state index >= 15 is 0 Å². The van der Waals surface area contributed by atoms with Crippen molar-refractivity contribution in [2.45, 2.75) is 20.3 Å². The predicted molar refractivity (Wildman–Crippen MR) is 71.7 cm³/mol. The second-order valence-electron chi connectivity index (χ2n) is 4.18. The molecule has 3 heteroatoms. The molecule has 0 heterocycles. The van der Waals surface area contributed by atoms with Crippen molar-refractivity contribution in [2.24, 2.45) is 0 Å². The molecule has 0 bridgehead atoms. The van der Waals surface area contributed by atoms with E-state index in [4.69, 9.17) is 9.47 Å². The summed E-state index contributed by atoms with van der Waals surface area (Å²) >= 11 is 0. The van der Waals surface area contributed by atoms with Crippen LogP contribution in [-0.4, -0.2) is 33.5 Å². The second-order valence-corrected chi connectivity index (χ2v) is 4.18. The standard InChI is InChI=1S/C14H23NO2/c1-12-5-6-14(11-13(12)2)15-7-10-17-9-4-8-16-3/h5-6,11,15H,4,7-10H2,1-3H3. The highest BCUT2D eigenvalue weighted by atomic mass is 16.5. The molecule has 0 radical (unpaired) electrons. The van der Waals surface area contributed by atoms with Crippen molar-refractivity contribution in [3.8, 4) is 0 Å². The largest absolute Gasteiger partial charge is 0.385 e. The lowest BCUT2D eigenvalue weighted by Crippen LogP contribution is -2.10. The molecule has 1 aromatic rings. The smallest absolute Gasteiger partial charge is 0.0639 e. The summed E-state index contributed by atoms with van der Waals surface area (Å²) in [6, 6.07) is 6.41. The van der Waals surface area contributed by atoms with Gasteiger partial charge >= 0.3 is 0 Å². The average Bonchev–Trinajstić information content (AvgIpc) is 2.32. The summed E-state index contributed by atoms with van der Waals surface area (Å²) in [6.45, 7) is 7.36. The number of nitrogens with one attached hydrogen (secondary N) is 1. The minimum atomic E-state index is 0.733. The van der Waals surface area contributed by atoms with Crippen LogP contribution >= 0.6 is 0 Å². The molecule has 0 spiro atoms. The first kappa shape index (κ1) is 14.0. The number of hydrogen-bond donors (Lipinski definition) is 1. The van der Waals surface area contributed by atoms with Gasteiger partial charge in [0.25, 0.3) is 0 Å². The number of methoxy groups -OCH3 is 1. The van der Waals surface area contributed by atoms with E-state index in [1.165, 1.54) is 11.1 Å². The van der Waals surface area contributed by atoms with E-state index in [-0.39, 0.29) is 0 Å². The third kappa shape index (κ3) is 5.71. The number of rotatable bonds is 8. The molecule has 1 N–H and O–H groups in total. The van der Waals surface area contributed by atoms with Crippen LogP contribution in [0.3, 0.4) is 0 Å². The summed E-state index contributed by atoms with van der Waals surface area (Å²) in [4.78, 5) is 0. The maximum Gasteiger partial charge on any atom is 0.0639 e. The molecule has 0 aliphatic heterocycles. The monoisotopic (exact) mass is 237 g/mol. The third-order valence-corrected chi connectivity index (χ3v) is 2.72. The molecule has 96 valence electrons. The quantitative estimate of drug-likeness (QED) is 0.705. The van der Waals surface area contributed by atoms with Crippen LogP contribution in [0.15, 0.2) is 18.2 Å². The highest BCUT2D eigenvalue weighted by Gasteiger charge is 1.95. The van der Waals surface area contributed by atoms with Gasteiger partial charge in [0.2, 0.25) is 0 Å². The Balaban J connectivity index is 2.11. The van der Waals surface area contributed by atoms with Crippen molar-refractivity contribution in [3.05, 3.63) is 29.3 Å². The topological polar surface area (TPSA) is 30.5 Å². The van der Waals surface area contributed by atoms with Gasteiger partial charge in [0.15, 0.2) is 0 Å². The maximum absolute atomic E-state index is 5.47. The van der Waals surface area contributed by atoms with E-state index in [0.717, 1.165) is 38.5 Å². The van der Waals surface area contributed by atoms with Crippen LogP contribution in [0, 0.1) is 13.8 Å². The molecule has 0 aromatic heterocycles. The first-order valence-corrected chi connectivity index (χ1v) is 6.12. The summed E-state index contributed by atoms with van der Waals surface area (Å²) in [5, 5.41) is 3.35. The minimum Gasteiger partial charge on any atom is -0.385 e. The van der Waals surface area contributed by atoms with Crippen molar-refractivity contribution in [2.75, 3.05) is 38.8 Å². The van der Waals surface area contributed by atoms with Crippen LogP contribution in [-0.2, 0) is 9.47 Å². The van der Waals surface area contributed by atoms with E-state index in [9.17, 15) is 0 Å². The summed E-state index contributed by atoms with van der Waals surface area (Å²) in [5.41, 5.74) is 3.80. The molecule has 1 rings (SSSR count). The lowest BCUT2D eigenvalue weighted by molar-refractivity contribution is 0.109. The Hall–Kier alpha value is -1.06. The zero-order valence-electron chi connectivity index (χ0n) is 11.1. The molecule has 0 fully saturated rings. The molecule has 3 nitrogen and oxygen atoms in total. The minimum absolute atomic E-state index is 0.733. The number of aryl methyl sites for hydroxylation is 2. The average molecular weight is 237 g/mol. The molecule has 0 aliphatic carbocycles. The van der Waals surface area contributed by atoms with Gasteiger partial charge in [0.1, 0.15) is 0 Å². The van der Waals surface area contributed by atoms with Gasteiger partial charge in [0, 0.05) is 32.6 Å². The van der Waals surface area contributed by atoms with Crippen molar-refractivity contribution >= 4 is 5.69 Å². The lowest BCUT2D eigenvalue weighted by Gasteiger charge is -2.09. The molecule has 0 amide bonds. The molecular weight excluding hydrogens is 214 g/mol. The molecular formula is C14H23NO2. The van der Waals surface area contributed by atoms with Crippen LogP contribution < -0.4 is 5.32 Å². The van der Waals surface area contributed by atoms with E-state index < -0.39 is 0 Å². The molecule has 0 saturated heterocycles. The maximum atomic E-state index is 5.47. The Labute approximate surface area is 104 Å². The van der Waals surface area contributed by atoms with Gasteiger partial charge in [-0.25, -0.2) is 0 Å². The SMILES string of the molecule is COCCCOCCNc1ccc(C)c(C)c1. The zero-order valence-corrected chi connectivity index (χ0v) is 11.1. The molecule has 0 aliphatic rings. The van der Waals surface area contributed by atoms with E-state index in [0.29, 0.717) is 0 Å². The summed E-state index contributed by atoms with van der Waals surface area (Å²) in [7, 11) is 1.71. The normalized spacial score (nSPS) is 10.5. The number of hydrogen-bond acceptors (Lipinski definition) is 3. The molecule has 0 atom stereocenters. The number of anilines is 1. The van der Waals surface area contributed by atoms with Gasteiger partial charge in [0.05, 0.1) is 6.61 Å². The Kier molecular flexibility index (Phi) is 6.67. The van der Waals surface area contributed by atoms with Crippen molar-refractivity contribution in [1.29, 1.82) is 0 Å². The van der Waals surface area contributed by atoms with Gasteiger partial charge < -0.3 is 14.8 Å². The van der Waals surface area contributed by atoms with Crippen LogP contribution in [0.2, 0.25) is 0 Å². The van der Waals surface area contributed by atoms with Gasteiger partial charge in [-0.05, 0) is 43.5 Å². The van der Waals surface area contributed by atoms with E-state index in [1.807, 2.05) is 0 Å². The fraction of sp³-hybridized carbons (Fsp3) is 0.571. The van der Waals surface area contributed by atoms with E-state index in [1.54, 1.807) is 7.11 Å². The first-order chi connectivity index (χ1) is 8.24. The molecule has 1 aromatic carbocycles. The van der Waals surface area contributed by atoms with Crippen molar-refractivity contribution in [3.63, 3.8) is 0 Å². The number of benzene rings is 1. The van der Waals surface area contributed by atoms with Crippen LogP contribution in [0.5, 0.6) is 0 Å². The van der Waals surface area contributed by atoms with Gasteiger partial charge in [-0.3, -0.25) is 0 Å². The summed E-state index contributed by atoms with van der Waals surface area (Å²) < 4.78 is 10.4. The highest BCUT2D eigenvalue weighted by molar-refractivity contribution is 5.47. The second kappa shape index (κ2) is 8.09. The Morgan fingerprint density at radius 2 is 1.88 bits per heavy atom.